The predicted molar refractivity (Wildman–Crippen MR) is 245 cm³/mol. The minimum Gasteiger partial charge on any atom is -0.444 e. The van der Waals surface area contributed by atoms with Gasteiger partial charge in [-0.3, -0.25) is 4.98 Å². The van der Waals surface area contributed by atoms with Crippen LogP contribution in [0.4, 0.5) is 19.4 Å². The number of hydrogen-bond acceptors (Lipinski definition) is 10. The van der Waals surface area contributed by atoms with Gasteiger partial charge in [-0.15, -0.1) is 0 Å². The van der Waals surface area contributed by atoms with Crippen LogP contribution in [-0.2, 0) is 20.3 Å². The van der Waals surface area contributed by atoms with Crippen LogP contribution in [0.3, 0.4) is 0 Å². The van der Waals surface area contributed by atoms with Crippen LogP contribution in [-0.4, -0.2) is 93.1 Å². The number of rotatable bonds is 11. The Hall–Kier alpha value is -4.80. The molecule has 2 atom stereocenters. The van der Waals surface area contributed by atoms with Crippen LogP contribution in [0.1, 0.15) is 118 Å². The summed E-state index contributed by atoms with van der Waals surface area (Å²) >= 11 is 0. The maximum absolute atomic E-state index is 17.2. The summed E-state index contributed by atoms with van der Waals surface area (Å²) in [6, 6.07) is 5.78. The molecule has 6 heterocycles. The van der Waals surface area contributed by atoms with Gasteiger partial charge in [0, 0.05) is 50.5 Å². The average Bonchev–Trinajstić information content (AvgIpc) is 3.64. The van der Waals surface area contributed by atoms with Gasteiger partial charge in [0.2, 0.25) is 0 Å². The fraction of sp³-hybridized carbons (Fsp3) is 0.574. The molecule has 16 heteroatoms. The highest BCUT2D eigenvalue weighted by atomic mass is 28.4. The predicted octanol–water partition coefficient (Wildman–Crippen LogP) is 10.1. The molecule has 5 aromatic rings. The summed E-state index contributed by atoms with van der Waals surface area (Å²) in [6.07, 6.45) is 7.12. The van der Waals surface area contributed by atoms with Crippen LogP contribution < -0.4 is 10.6 Å². The third kappa shape index (κ3) is 9.53. The second-order valence-electron chi connectivity index (χ2n) is 19.9. The van der Waals surface area contributed by atoms with Crippen LogP contribution in [0.15, 0.2) is 41.5 Å². The van der Waals surface area contributed by atoms with Crippen molar-refractivity contribution in [3.63, 3.8) is 0 Å². The molecule has 2 aliphatic heterocycles. The zero-order valence-corrected chi connectivity index (χ0v) is 39.8. The van der Waals surface area contributed by atoms with Crippen LogP contribution in [0.5, 0.6) is 0 Å². The SMILES string of the molecule is CC(C)c1nccc(CCCCO[Si](C)(C)C(C)(C)C)c1-n1c(=O)nc(N2CCN(C(=O)OC(C)(C)C)C[C@@H]2C)c2cc(F)c(-c3c(F)ccc4cnn(C5CCCCO5)c34)nc21. The lowest BCUT2D eigenvalue weighted by atomic mass is 10.00. The fourth-order valence-electron chi connectivity index (χ4n) is 8.30. The van der Waals surface area contributed by atoms with Gasteiger partial charge in [0.1, 0.15) is 22.9 Å². The first kappa shape index (κ1) is 46.2. The topological polar surface area (TPSA) is 130 Å². The number of benzene rings is 1. The molecule has 7 rings (SSSR count). The Labute approximate surface area is 370 Å². The third-order valence-electron chi connectivity index (χ3n) is 12.6. The second kappa shape index (κ2) is 18.0. The number of fused-ring (bicyclic) bond motifs is 2. The number of carbonyl (C=O) groups excluding carboxylic acids is 1. The van der Waals surface area contributed by atoms with Crippen molar-refractivity contribution in [1.82, 2.24) is 34.2 Å². The van der Waals surface area contributed by atoms with E-state index in [2.05, 4.69) is 39.0 Å². The fourth-order valence-corrected chi connectivity index (χ4v) is 9.39. The molecule has 13 nitrogen and oxygen atoms in total. The first-order valence-electron chi connectivity index (χ1n) is 22.4. The Balaban J connectivity index is 1.40. The zero-order valence-electron chi connectivity index (χ0n) is 38.8. The number of halogens is 2. The monoisotopic (exact) mass is 886 g/mol. The van der Waals surface area contributed by atoms with Gasteiger partial charge in [0.25, 0.3) is 0 Å². The summed E-state index contributed by atoms with van der Waals surface area (Å²) in [6.45, 7) is 24.5. The number of hydrogen-bond donors (Lipinski definition) is 0. The lowest BCUT2D eigenvalue weighted by molar-refractivity contribution is -0.0366. The Kier molecular flexibility index (Phi) is 13.2. The molecule has 0 N–H and O–H groups in total. The summed E-state index contributed by atoms with van der Waals surface area (Å²) in [5.74, 6) is -1.39. The van der Waals surface area contributed by atoms with E-state index in [4.69, 9.17) is 28.9 Å². The summed E-state index contributed by atoms with van der Waals surface area (Å²) < 4.78 is 54.9. The number of anilines is 1. The molecule has 63 heavy (non-hydrogen) atoms. The molecule has 0 bridgehead atoms. The quantitative estimate of drug-likeness (QED) is 0.0934. The molecular weight excluding hydrogens is 823 g/mol. The second-order valence-corrected chi connectivity index (χ2v) is 24.7. The number of aromatic nitrogens is 6. The number of aryl methyl sites for hydroxylation is 1. The molecule has 2 fully saturated rings. The number of amides is 1. The third-order valence-corrected chi connectivity index (χ3v) is 17.2. The van der Waals surface area contributed by atoms with Crippen molar-refractivity contribution in [2.24, 2.45) is 0 Å². The maximum atomic E-state index is 17.2. The standard InChI is InChI=1S/C47H64F2N8O5Si/c1-29(2)38-41(31(20-21-50-38)16-12-15-25-61-63(10,11)47(7,8)9)56-43-33(42(53-44(56)58)55-23-22-54(28-30(55)3)45(59)62-46(4,5)6)26-35(49)39(52-43)37-34(48)19-18-32-27-51-57(40(32)37)36-17-13-14-24-60-36/h18-21,26-27,29-30,36H,12-17,22-25,28H2,1-11H3/t30-,36?/m0/s1. The smallest absolute Gasteiger partial charge is 0.410 e. The minimum absolute atomic E-state index is 0.0764. The number of piperazine rings is 1. The Morgan fingerprint density at radius 2 is 1.78 bits per heavy atom. The van der Waals surface area contributed by atoms with Crippen LogP contribution in [0.2, 0.25) is 18.1 Å². The molecule has 0 saturated carbocycles. The Morgan fingerprint density at radius 1 is 1.02 bits per heavy atom. The van der Waals surface area contributed by atoms with E-state index in [-0.39, 0.29) is 64.7 Å². The van der Waals surface area contributed by atoms with E-state index in [9.17, 15) is 9.59 Å². The van der Waals surface area contributed by atoms with E-state index >= 15 is 8.78 Å². The van der Waals surface area contributed by atoms with E-state index in [1.54, 1.807) is 28.0 Å². The number of unbranched alkanes of at least 4 members (excludes halogenated alkanes) is 1. The van der Waals surface area contributed by atoms with Crippen molar-refractivity contribution in [2.45, 2.75) is 143 Å². The van der Waals surface area contributed by atoms with E-state index in [1.807, 2.05) is 52.5 Å². The molecule has 0 radical (unpaired) electrons. The van der Waals surface area contributed by atoms with Crippen molar-refractivity contribution in [2.75, 3.05) is 37.7 Å². The summed E-state index contributed by atoms with van der Waals surface area (Å²) in [5, 5.41) is 5.55. The summed E-state index contributed by atoms with van der Waals surface area (Å²) in [4.78, 5) is 46.1. The number of carbonyl (C=O) groups is 1. The lowest BCUT2D eigenvalue weighted by Crippen LogP contribution is -2.55. The molecule has 0 aliphatic carbocycles. The van der Waals surface area contributed by atoms with E-state index < -0.39 is 43.6 Å². The van der Waals surface area contributed by atoms with Crippen LogP contribution in [0, 0.1) is 11.6 Å². The van der Waals surface area contributed by atoms with Gasteiger partial charge in [-0.1, -0.05) is 34.6 Å². The largest absolute Gasteiger partial charge is 0.444 e. The lowest BCUT2D eigenvalue weighted by Gasteiger charge is -2.41. The molecular formula is C47H64F2N8O5Si. The van der Waals surface area contributed by atoms with E-state index in [0.717, 1.165) is 31.2 Å². The molecule has 0 spiro atoms. The molecule has 340 valence electrons. The average molecular weight is 887 g/mol. The van der Waals surface area contributed by atoms with Gasteiger partial charge in [0.05, 0.1) is 34.0 Å². The highest BCUT2D eigenvalue weighted by Gasteiger charge is 2.37. The van der Waals surface area contributed by atoms with Gasteiger partial charge in [0.15, 0.2) is 26.0 Å². The zero-order chi connectivity index (χ0) is 45.6. The van der Waals surface area contributed by atoms with Crippen LogP contribution in [0.25, 0.3) is 38.9 Å². The van der Waals surface area contributed by atoms with Gasteiger partial charge in [-0.2, -0.15) is 10.1 Å². The molecule has 2 saturated heterocycles. The number of pyridine rings is 2. The number of nitrogens with zero attached hydrogens (tertiary/aromatic N) is 8. The van der Waals surface area contributed by atoms with E-state index in [1.165, 1.54) is 16.7 Å². The summed E-state index contributed by atoms with van der Waals surface area (Å²) in [7, 11) is -1.94. The molecule has 2 aliphatic rings. The first-order valence-corrected chi connectivity index (χ1v) is 25.4. The Morgan fingerprint density at radius 3 is 2.44 bits per heavy atom. The van der Waals surface area contributed by atoms with Gasteiger partial charge < -0.3 is 23.7 Å². The van der Waals surface area contributed by atoms with Crippen LogP contribution >= 0.6 is 0 Å². The van der Waals surface area contributed by atoms with Crippen molar-refractivity contribution >= 4 is 42.2 Å². The van der Waals surface area contributed by atoms with Gasteiger partial charge in [-0.25, -0.2) is 32.6 Å². The highest BCUT2D eigenvalue weighted by molar-refractivity contribution is 6.74. The minimum atomic E-state index is -1.94. The normalized spacial score (nSPS) is 17.9. The Bertz CT molecular complexity index is 2540. The molecule has 1 unspecified atom stereocenters. The molecule has 1 aromatic carbocycles. The number of ether oxygens (including phenoxy) is 2. The van der Waals surface area contributed by atoms with Crippen molar-refractivity contribution in [3.8, 4) is 16.9 Å². The first-order chi connectivity index (χ1) is 29.7. The van der Waals surface area contributed by atoms with Gasteiger partial charge in [-0.05, 0) is 120 Å². The summed E-state index contributed by atoms with van der Waals surface area (Å²) in [5.41, 5.74) is 0.833. The highest BCUT2D eigenvalue weighted by Crippen LogP contribution is 2.40. The van der Waals surface area contributed by atoms with Crippen molar-refractivity contribution < 1.29 is 27.5 Å². The van der Waals surface area contributed by atoms with Crippen molar-refractivity contribution in [1.29, 1.82) is 0 Å². The van der Waals surface area contributed by atoms with Gasteiger partial charge >= 0.3 is 11.8 Å². The maximum Gasteiger partial charge on any atom is 0.410 e. The van der Waals surface area contributed by atoms with Crippen molar-refractivity contribution in [3.05, 3.63) is 70.0 Å². The molecule has 1 amide bonds. The van der Waals surface area contributed by atoms with E-state index in [0.29, 0.717) is 48.3 Å². The molecule has 4 aromatic heterocycles.